The number of rotatable bonds is 9. The number of nitrogens with one attached hydrogen (secondary N) is 2. The van der Waals surface area contributed by atoms with Gasteiger partial charge in [0, 0.05) is 47.4 Å². The van der Waals surface area contributed by atoms with Gasteiger partial charge in [0.05, 0.1) is 24.5 Å². The van der Waals surface area contributed by atoms with Gasteiger partial charge in [-0.25, -0.2) is 0 Å². The van der Waals surface area contributed by atoms with E-state index in [-0.39, 0.29) is 11.9 Å². The molecular weight excluding hydrogens is 488 g/mol. The highest BCUT2D eigenvalue weighted by Crippen LogP contribution is 2.33. The first-order valence-corrected chi connectivity index (χ1v) is 13.0. The fourth-order valence-electron chi connectivity index (χ4n) is 3.95. The fraction of sp³-hybridized carbons (Fsp3) is 0.370. The predicted molar refractivity (Wildman–Crippen MR) is 145 cm³/mol. The lowest BCUT2D eigenvalue weighted by Gasteiger charge is -2.25. The lowest BCUT2D eigenvalue weighted by Crippen LogP contribution is -2.31. The zero-order valence-electron chi connectivity index (χ0n) is 21.7. The van der Waals surface area contributed by atoms with Gasteiger partial charge in [-0.05, 0) is 51.3 Å². The topological polar surface area (TPSA) is 122 Å². The average Bonchev–Trinajstić information content (AvgIpc) is 3.33. The Bertz CT molecular complexity index is 1340. The molecule has 0 saturated carbocycles. The number of dihydropyridines is 1. The van der Waals surface area contributed by atoms with Gasteiger partial charge in [0.15, 0.2) is 0 Å². The van der Waals surface area contributed by atoms with Gasteiger partial charge in [-0.1, -0.05) is 30.4 Å². The number of anilines is 1. The van der Waals surface area contributed by atoms with E-state index in [1.807, 2.05) is 44.3 Å². The molecule has 0 saturated heterocycles. The summed E-state index contributed by atoms with van der Waals surface area (Å²) in [5.41, 5.74) is 3.57. The summed E-state index contributed by atoms with van der Waals surface area (Å²) in [7, 11) is 1.59. The molecule has 0 fully saturated rings. The van der Waals surface area contributed by atoms with Gasteiger partial charge in [0.2, 0.25) is 5.13 Å². The summed E-state index contributed by atoms with van der Waals surface area (Å²) < 4.78 is 5.53. The lowest BCUT2D eigenvalue weighted by molar-refractivity contribution is 0.102. The minimum Gasteiger partial charge on any atom is -0.494 e. The number of aryl methyl sites for hydroxylation is 3. The van der Waals surface area contributed by atoms with Crippen LogP contribution in [0.15, 0.2) is 48.5 Å². The van der Waals surface area contributed by atoms with Crippen molar-refractivity contribution in [2.75, 3.05) is 12.4 Å². The highest BCUT2D eigenvalue weighted by Gasteiger charge is 2.21. The molecular formula is C27H32N6O3S. The largest absolute Gasteiger partial charge is 0.494 e. The third-order valence-corrected chi connectivity index (χ3v) is 7.00. The highest BCUT2D eigenvalue weighted by atomic mass is 32.1. The number of pyridine rings is 2. The lowest BCUT2D eigenvalue weighted by atomic mass is 9.95. The van der Waals surface area contributed by atoms with E-state index < -0.39 is 5.60 Å². The number of methoxy groups -OCH3 is 1. The Hall–Kier alpha value is -3.63. The number of hydrogen-bond acceptors (Lipinski definition) is 9. The van der Waals surface area contributed by atoms with E-state index in [1.54, 1.807) is 33.4 Å². The van der Waals surface area contributed by atoms with Gasteiger partial charge in [0.25, 0.3) is 5.91 Å². The third-order valence-electron chi connectivity index (χ3n) is 6.11. The van der Waals surface area contributed by atoms with Crippen LogP contribution in [-0.4, -0.2) is 49.9 Å². The van der Waals surface area contributed by atoms with Crippen molar-refractivity contribution >= 4 is 22.4 Å². The molecule has 4 heterocycles. The second kappa shape index (κ2) is 11.2. The molecule has 3 N–H and O–H groups in total. The van der Waals surface area contributed by atoms with Crippen molar-refractivity contribution < 1.29 is 14.6 Å². The molecule has 194 valence electrons. The first-order valence-electron chi connectivity index (χ1n) is 12.2. The Morgan fingerprint density at radius 2 is 2.03 bits per heavy atom. The van der Waals surface area contributed by atoms with E-state index in [4.69, 9.17) is 4.74 Å². The minimum atomic E-state index is -0.880. The zero-order valence-corrected chi connectivity index (χ0v) is 22.5. The third kappa shape index (κ3) is 6.39. The molecule has 1 unspecified atom stereocenters. The van der Waals surface area contributed by atoms with Gasteiger partial charge in [-0.15, -0.1) is 10.2 Å². The number of carbonyl (C=O) groups is 1. The maximum Gasteiger partial charge on any atom is 0.259 e. The van der Waals surface area contributed by atoms with Crippen molar-refractivity contribution in [3.8, 4) is 16.9 Å². The summed E-state index contributed by atoms with van der Waals surface area (Å²) in [6.45, 7) is 7.43. The summed E-state index contributed by atoms with van der Waals surface area (Å²) >= 11 is 1.35. The summed E-state index contributed by atoms with van der Waals surface area (Å²) in [4.78, 5) is 22.0. The molecule has 1 aliphatic rings. The van der Waals surface area contributed by atoms with Crippen LogP contribution in [0.3, 0.4) is 0 Å². The standard InChI is InChI=1S/C27H32N6O3S/c1-6-18-12-21(23(36-5)15-30-18)20-11-16(2)28-14-22(20)25(34)31-26-33-32-24(37-26)10-9-19-8-7-17(13-29-19)27(3,4)35/h7-8,11-15,19,29,35H,6,9-10H2,1-5H3,(H,31,33,34). The highest BCUT2D eigenvalue weighted by molar-refractivity contribution is 7.15. The molecule has 0 spiro atoms. The molecule has 3 aromatic rings. The molecule has 1 amide bonds. The molecule has 0 bridgehead atoms. The van der Waals surface area contributed by atoms with Crippen LogP contribution in [0.5, 0.6) is 5.75 Å². The van der Waals surface area contributed by atoms with Crippen LogP contribution in [0, 0.1) is 6.92 Å². The number of amides is 1. The normalized spacial score (nSPS) is 15.2. The van der Waals surface area contributed by atoms with Gasteiger partial charge < -0.3 is 15.2 Å². The van der Waals surface area contributed by atoms with Gasteiger partial charge in [-0.3, -0.25) is 20.1 Å². The van der Waals surface area contributed by atoms with Crippen LogP contribution in [-0.2, 0) is 12.8 Å². The first kappa shape index (κ1) is 26.4. The van der Waals surface area contributed by atoms with Crippen molar-refractivity contribution in [3.05, 3.63) is 70.4 Å². The molecule has 10 heteroatoms. The van der Waals surface area contributed by atoms with E-state index in [2.05, 4.69) is 30.8 Å². The van der Waals surface area contributed by atoms with E-state index >= 15 is 0 Å². The van der Waals surface area contributed by atoms with Crippen molar-refractivity contribution in [2.24, 2.45) is 0 Å². The maximum atomic E-state index is 13.3. The van der Waals surface area contributed by atoms with E-state index in [0.29, 0.717) is 22.9 Å². The van der Waals surface area contributed by atoms with E-state index in [0.717, 1.165) is 45.9 Å². The molecule has 0 aliphatic carbocycles. The Morgan fingerprint density at radius 3 is 2.70 bits per heavy atom. The Labute approximate surface area is 220 Å². The maximum absolute atomic E-state index is 13.3. The van der Waals surface area contributed by atoms with Crippen LogP contribution in [0.25, 0.3) is 11.1 Å². The fourth-order valence-corrected chi connectivity index (χ4v) is 4.70. The van der Waals surface area contributed by atoms with E-state index in [9.17, 15) is 9.90 Å². The van der Waals surface area contributed by atoms with Crippen LogP contribution >= 0.6 is 11.3 Å². The Morgan fingerprint density at radius 1 is 1.22 bits per heavy atom. The van der Waals surface area contributed by atoms with E-state index in [1.165, 1.54) is 11.3 Å². The van der Waals surface area contributed by atoms with Crippen LogP contribution < -0.4 is 15.4 Å². The van der Waals surface area contributed by atoms with Crippen molar-refractivity contribution in [2.45, 2.75) is 58.6 Å². The first-order chi connectivity index (χ1) is 17.7. The number of aromatic nitrogens is 4. The Kier molecular flexibility index (Phi) is 7.99. The molecule has 9 nitrogen and oxygen atoms in total. The predicted octanol–water partition coefficient (Wildman–Crippen LogP) is 4.24. The summed E-state index contributed by atoms with van der Waals surface area (Å²) in [5, 5.41) is 26.0. The average molecular weight is 521 g/mol. The molecule has 37 heavy (non-hydrogen) atoms. The number of nitrogens with zero attached hydrogens (tertiary/aromatic N) is 4. The van der Waals surface area contributed by atoms with Crippen molar-refractivity contribution in [1.29, 1.82) is 0 Å². The number of aliphatic hydroxyl groups is 1. The smallest absolute Gasteiger partial charge is 0.259 e. The van der Waals surface area contributed by atoms with Gasteiger partial charge in [0.1, 0.15) is 10.8 Å². The second-order valence-electron chi connectivity index (χ2n) is 9.39. The van der Waals surface area contributed by atoms with Gasteiger partial charge >= 0.3 is 0 Å². The number of ether oxygens (including phenoxy) is 1. The molecule has 1 aliphatic heterocycles. The second-order valence-corrected chi connectivity index (χ2v) is 10.4. The van der Waals surface area contributed by atoms with Gasteiger partial charge in [-0.2, -0.15) is 0 Å². The van der Waals surface area contributed by atoms with Crippen molar-refractivity contribution in [1.82, 2.24) is 25.5 Å². The number of carbonyl (C=O) groups excluding carboxylic acids is 1. The minimum absolute atomic E-state index is 0.137. The molecule has 3 aromatic heterocycles. The van der Waals surface area contributed by atoms with Crippen molar-refractivity contribution in [3.63, 3.8) is 0 Å². The molecule has 0 aromatic carbocycles. The van der Waals surface area contributed by atoms with Crippen LogP contribution in [0.1, 0.15) is 53.9 Å². The molecule has 4 rings (SSSR count). The Balaban J connectivity index is 1.46. The van der Waals surface area contributed by atoms with Crippen LogP contribution in [0.4, 0.5) is 5.13 Å². The van der Waals surface area contributed by atoms with Crippen LogP contribution in [0.2, 0.25) is 0 Å². The SMILES string of the molecule is CCc1cc(-c2cc(C)ncc2C(=O)Nc2nnc(CCC3C=CC(C(C)(C)O)=CN3)s2)c(OC)cn1. The molecule has 1 atom stereocenters. The summed E-state index contributed by atoms with van der Waals surface area (Å²) in [5.74, 6) is 0.271. The summed E-state index contributed by atoms with van der Waals surface area (Å²) in [6.07, 6.45) is 11.4. The monoisotopic (exact) mass is 520 g/mol. The zero-order chi connectivity index (χ0) is 26.6. The summed E-state index contributed by atoms with van der Waals surface area (Å²) in [6, 6.07) is 3.96. The number of hydrogen-bond donors (Lipinski definition) is 3. The quantitative estimate of drug-likeness (QED) is 0.383. The molecule has 0 radical (unpaired) electrons.